The maximum atomic E-state index is 3.57. The summed E-state index contributed by atoms with van der Waals surface area (Å²) in [7, 11) is 0. The number of nitrogens with one attached hydrogen (secondary N) is 1. The van der Waals surface area contributed by atoms with Gasteiger partial charge in [-0.1, -0.05) is 49.4 Å². The normalized spacial score (nSPS) is 14.6. The summed E-state index contributed by atoms with van der Waals surface area (Å²) < 4.78 is 0. The summed E-state index contributed by atoms with van der Waals surface area (Å²) >= 11 is 0. The molecule has 0 saturated heterocycles. The maximum absolute atomic E-state index is 3.57. The van der Waals surface area contributed by atoms with Gasteiger partial charge in [-0.15, -0.1) is 0 Å². The molecule has 1 fully saturated rings. The van der Waals surface area contributed by atoms with Crippen molar-refractivity contribution in [2.75, 3.05) is 0 Å². The first kappa shape index (κ1) is 12.4. The van der Waals surface area contributed by atoms with Gasteiger partial charge in [0.25, 0.3) is 0 Å². The molecule has 0 bridgehead atoms. The predicted octanol–water partition coefficient (Wildman–Crippen LogP) is 4.17. The molecule has 2 aromatic rings. The van der Waals surface area contributed by atoms with Gasteiger partial charge in [0.1, 0.15) is 0 Å². The molecule has 1 N–H and O–H groups in total. The maximum Gasteiger partial charge on any atom is 0.0208 e. The van der Waals surface area contributed by atoms with E-state index in [4.69, 9.17) is 0 Å². The van der Waals surface area contributed by atoms with Crippen LogP contribution in [0.5, 0.6) is 0 Å². The van der Waals surface area contributed by atoms with E-state index in [-0.39, 0.29) is 0 Å². The Bertz CT molecular complexity index is 538. The minimum Gasteiger partial charge on any atom is -0.310 e. The van der Waals surface area contributed by atoms with Crippen molar-refractivity contribution >= 4 is 0 Å². The highest BCUT2D eigenvalue weighted by Gasteiger charge is 2.19. The molecule has 19 heavy (non-hydrogen) atoms. The molecule has 3 rings (SSSR count). The van der Waals surface area contributed by atoms with Gasteiger partial charge in [0.05, 0.1) is 0 Å². The molecule has 0 aromatic heterocycles. The Morgan fingerprint density at radius 1 is 0.947 bits per heavy atom. The molecular formula is C18H21N. The lowest BCUT2D eigenvalue weighted by Crippen LogP contribution is -2.15. The van der Waals surface area contributed by atoms with Crippen LogP contribution < -0.4 is 5.32 Å². The van der Waals surface area contributed by atoms with E-state index >= 15 is 0 Å². The Labute approximate surface area is 115 Å². The second-order valence-electron chi connectivity index (χ2n) is 5.41. The van der Waals surface area contributed by atoms with Gasteiger partial charge in [-0.25, -0.2) is 0 Å². The fourth-order valence-electron chi connectivity index (χ4n) is 2.34. The van der Waals surface area contributed by atoms with Crippen molar-refractivity contribution in [1.82, 2.24) is 5.32 Å². The van der Waals surface area contributed by atoms with Gasteiger partial charge in [0.15, 0.2) is 0 Å². The topological polar surface area (TPSA) is 12.0 Å². The molecule has 1 aliphatic carbocycles. The summed E-state index contributed by atoms with van der Waals surface area (Å²) in [5.41, 5.74) is 5.41. The average Bonchev–Trinajstić information content (AvgIpc) is 3.30. The van der Waals surface area contributed by atoms with Crippen LogP contribution >= 0.6 is 0 Å². The third-order valence-electron chi connectivity index (χ3n) is 3.79. The van der Waals surface area contributed by atoms with Gasteiger partial charge in [-0.3, -0.25) is 0 Å². The summed E-state index contributed by atoms with van der Waals surface area (Å²) in [6.07, 6.45) is 3.79. The van der Waals surface area contributed by atoms with Crippen LogP contribution in [0.25, 0.3) is 11.1 Å². The molecule has 1 aliphatic rings. The van der Waals surface area contributed by atoms with Gasteiger partial charge < -0.3 is 5.32 Å². The highest BCUT2D eigenvalue weighted by Crippen LogP contribution is 2.23. The van der Waals surface area contributed by atoms with Gasteiger partial charge in [-0.2, -0.15) is 0 Å². The van der Waals surface area contributed by atoms with Crippen molar-refractivity contribution in [3.05, 3.63) is 59.7 Å². The molecule has 0 radical (unpaired) electrons. The molecule has 0 amide bonds. The van der Waals surface area contributed by atoms with Crippen molar-refractivity contribution in [3.63, 3.8) is 0 Å². The molecule has 0 heterocycles. The first-order valence-electron chi connectivity index (χ1n) is 7.27. The number of rotatable bonds is 5. The Morgan fingerprint density at radius 2 is 1.74 bits per heavy atom. The molecule has 2 aromatic carbocycles. The number of hydrogen-bond donors (Lipinski definition) is 1. The van der Waals surface area contributed by atoms with E-state index in [2.05, 4.69) is 60.8 Å². The minimum atomic E-state index is 0.771. The quantitative estimate of drug-likeness (QED) is 0.841. The summed E-state index contributed by atoms with van der Waals surface area (Å²) in [6.45, 7) is 3.19. The standard InChI is InChI=1S/C18H21N/c1-2-14-6-8-16(9-7-14)17-5-3-4-15(12-17)13-19-18-10-11-18/h3-9,12,18-19H,2,10-11,13H2,1H3. The lowest BCUT2D eigenvalue weighted by atomic mass is 10.0. The first-order valence-corrected chi connectivity index (χ1v) is 7.27. The lowest BCUT2D eigenvalue weighted by Gasteiger charge is -2.07. The largest absolute Gasteiger partial charge is 0.310 e. The van der Waals surface area contributed by atoms with Gasteiger partial charge in [-0.05, 0) is 47.6 Å². The van der Waals surface area contributed by atoms with Crippen LogP contribution in [-0.4, -0.2) is 6.04 Å². The lowest BCUT2D eigenvalue weighted by molar-refractivity contribution is 0.688. The van der Waals surface area contributed by atoms with Crippen molar-refractivity contribution in [1.29, 1.82) is 0 Å². The van der Waals surface area contributed by atoms with E-state index in [0.29, 0.717) is 0 Å². The third kappa shape index (κ3) is 3.24. The Hall–Kier alpha value is -1.60. The summed E-state index contributed by atoms with van der Waals surface area (Å²) in [4.78, 5) is 0. The second-order valence-corrected chi connectivity index (χ2v) is 5.41. The number of hydrogen-bond acceptors (Lipinski definition) is 1. The third-order valence-corrected chi connectivity index (χ3v) is 3.79. The van der Waals surface area contributed by atoms with Gasteiger partial charge in [0, 0.05) is 12.6 Å². The molecule has 0 atom stereocenters. The smallest absolute Gasteiger partial charge is 0.0208 e. The van der Waals surface area contributed by atoms with E-state index in [0.717, 1.165) is 19.0 Å². The minimum absolute atomic E-state index is 0.771. The molecule has 0 unspecified atom stereocenters. The Balaban J connectivity index is 1.76. The molecular weight excluding hydrogens is 230 g/mol. The van der Waals surface area contributed by atoms with Crippen LogP contribution in [0.2, 0.25) is 0 Å². The summed E-state index contributed by atoms with van der Waals surface area (Å²) in [5, 5.41) is 3.57. The van der Waals surface area contributed by atoms with E-state index in [1.54, 1.807) is 0 Å². The van der Waals surface area contributed by atoms with Crippen molar-refractivity contribution in [2.24, 2.45) is 0 Å². The highest BCUT2D eigenvalue weighted by atomic mass is 14.9. The van der Waals surface area contributed by atoms with Crippen molar-refractivity contribution < 1.29 is 0 Å². The van der Waals surface area contributed by atoms with Crippen LogP contribution in [0.1, 0.15) is 30.9 Å². The zero-order valence-corrected chi connectivity index (χ0v) is 11.5. The monoisotopic (exact) mass is 251 g/mol. The first-order chi connectivity index (χ1) is 9.35. The second kappa shape index (κ2) is 5.58. The van der Waals surface area contributed by atoms with Crippen LogP contribution in [-0.2, 0) is 13.0 Å². The van der Waals surface area contributed by atoms with E-state index < -0.39 is 0 Å². The van der Waals surface area contributed by atoms with Crippen LogP contribution in [0.3, 0.4) is 0 Å². The molecule has 1 nitrogen and oxygen atoms in total. The molecule has 0 spiro atoms. The van der Waals surface area contributed by atoms with Gasteiger partial charge in [0.2, 0.25) is 0 Å². The SMILES string of the molecule is CCc1ccc(-c2cccc(CNC3CC3)c2)cc1. The Kier molecular flexibility index (Phi) is 3.65. The predicted molar refractivity (Wildman–Crippen MR) is 81.1 cm³/mol. The molecule has 1 heteroatoms. The zero-order chi connectivity index (χ0) is 13.1. The van der Waals surface area contributed by atoms with Crippen molar-refractivity contribution in [2.45, 2.75) is 38.8 Å². The van der Waals surface area contributed by atoms with E-state index in [1.807, 2.05) is 0 Å². The molecule has 98 valence electrons. The highest BCUT2D eigenvalue weighted by molar-refractivity contribution is 5.64. The molecule has 1 saturated carbocycles. The van der Waals surface area contributed by atoms with Crippen molar-refractivity contribution in [3.8, 4) is 11.1 Å². The average molecular weight is 251 g/mol. The number of aryl methyl sites for hydroxylation is 1. The molecule has 0 aliphatic heterocycles. The van der Waals surface area contributed by atoms with Crippen LogP contribution in [0, 0.1) is 0 Å². The van der Waals surface area contributed by atoms with E-state index in [9.17, 15) is 0 Å². The summed E-state index contributed by atoms with van der Waals surface area (Å²) in [5.74, 6) is 0. The van der Waals surface area contributed by atoms with Crippen LogP contribution in [0.4, 0.5) is 0 Å². The fourth-order valence-corrected chi connectivity index (χ4v) is 2.34. The van der Waals surface area contributed by atoms with Gasteiger partial charge >= 0.3 is 0 Å². The summed E-state index contributed by atoms with van der Waals surface area (Å²) in [6, 6.07) is 18.5. The fraction of sp³-hybridized carbons (Fsp3) is 0.333. The Morgan fingerprint density at radius 3 is 2.42 bits per heavy atom. The van der Waals surface area contributed by atoms with E-state index in [1.165, 1.54) is 35.1 Å². The zero-order valence-electron chi connectivity index (χ0n) is 11.5. The van der Waals surface area contributed by atoms with Crippen LogP contribution in [0.15, 0.2) is 48.5 Å². The number of benzene rings is 2.